The average molecular weight is 669 g/mol. The maximum atomic E-state index is 13.8. The van der Waals surface area contributed by atoms with Gasteiger partial charge in [-0.05, 0) is 60.7 Å². The van der Waals surface area contributed by atoms with Gasteiger partial charge >= 0.3 is 17.1 Å². The van der Waals surface area contributed by atoms with Crippen LogP contribution in [0.15, 0.2) is 163 Å². The second-order valence-electron chi connectivity index (χ2n) is 10.6. The number of anilines is 1. The minimum Gasteiger partial charge on any atom is -0.422 e. The Morgan fingerprint density at radius 2 is 1.02 bits per heavy atom. The summed E-state index contributed by atoms with van der Waals surface area (Å²) in [5.41, 5.74) is 4.12. The summed E-state index contributed by atoms with van der Waals surface area (Å²) in [4.78, 5) is 18.6. The van der Waals surface area contributed by atoms with Gasteiger partial charge < -0.3 is 22.6 Å². The molecule has 0 aliphatic carbocycles. The number of aliphatic imine (C=N–C) groups is 1. The molecule has 0 N–H and O–H groups in total. The van der Waals surface area contributed by atoms with Gasteiger partial charge in [0.05, 0.1) is 22.5 Å². The number of para-hydroxylation sites is 6. The van der Waals surface area contributed by atoms with Crippen molar-refractivity contribution >= 4 is 40.3 Å². The molecule has 2 heterocycles. The van der Waals surface area contributed by atoms with Gasteiger partial charge in [-0.3, -0.25) is 4.79 Å². The highest BCUT2D eigenvalue weighted by atomic mass is 31.2. The molecule has 2 unspecified atom stereocenters. The lowest BCUT2D eigenvalue weighted by atomic mass is 10.0. The van der Waals surface area contributed by atoms with Gasteiger partial charge in [-0.1, -0.05) is 97.1 Å². The van der Waals surface area contributed by atoms with Crippen LogP contribution in [-0.4, -0.2) is 11.8 Å². The van der Waals surface area contributed by atoms with Crippen molar-refractivity contribution in [2.45, 2.75) is 0 Å². The van der Waals surface area contributed by atoms with E-state index in [0.29, 0.717) is 40.1 Å². The highest BCUT2D eigenvalue weighted by Gasteiger charge is 2.39. The maximum absolute atomic E-state index is 13.8. The zero-order valence-corrected chi connectivity index (χ0v) is 27.0. The molecule has 2 atom stereocenters. The van der Waals surface area contributed by atoms with Crippen LogP contribution in [0.5, 0.6) is 23.0 Å². The third kappa shape index (κ3) is 5.95. The van der Waals surface area contributed by atoms with Crippen LogP contribution in [0.2, 0.25) is 0 Å². The summed E-state index contributed by atoms with van der Waals surface area (Å²) < 4.78 is 33.5. The zero-order valence-electron chi connectivity index (χ0n) is 25.2. The van der Waals surface area contributed by atoms with E-state index in [1.165, 1.54) is 0 Å². The first-order valence-electron chi connectivity index (χ1n) is 15.1. The van der Waals surface area contributed by atoms with Crippen LogP contribution in [0.4, 0.5) is 11.4 Å². The topological polar surface area (TPSA) is 78.8 Å². The molecule has 8 rings (SSSR count). The summed E-state index contributed by atoms with van der Waals surface area (Å²) in [5, 5.41) is 0. The van der Waals surface area contributed by atoms with Gasteiger partial charge in [0, 0.05) is 11.1 Å². The van der Waals surface area contributed by atoms with Crippen LogP contribution in [0.3, 0.4) is 0 Å². The standard InChI is InChI=1S/C38H26N2O6P2/c41-38-32-22-10-14-26-36(32)43-47(40(38)28-17-5-2-6-18-28)42-33-23-11-7-19-29(33)30-20-8-12-24-34(30)44-48-45-35-25-13-9-21-31(35)37(46-48)39-27-15-3-1-4-16-27/h1-26H/b39-37+. The molecular weight excluding hydrogens is 642 g/mol. The Morgan fingerprint density at radius 3 is 1.71 bits per heavy atom. The van der Waals surface area contributed by atoms with Crippen molar-refractivity contribution in [2.24, 2.45) is 4.99 Å². The third-order valence-electron chi connectivity index (χ3n) is 7.50. The number of amides is 1. The quantitative estimate of drug-likeness (QED) is 0.158. The highest BCUT2D eigenvalue weighted by molar-refractivity contribution is 7.51. The molecule has 0 spiro atoms. The number of carbonyl (C=O) groups excluding carboxylic acids is 1. The van der Waals surface area contributed by atoms with Crippen LogP contribution < -0.4 is 22.8 Å². The molecule has 2 aliphatic rings. The first kappa shape index (κ1) is 29.7. The summed E-state index contributed by atoms with van der Waals surface area (Å²) in [5.74, 6) is 2.36. The van der Waals surface area contributed by atoms with Crippen molar-refractivity contribution < 1.29 is 27.4 Å². The normalized spacial score (nSPS) is 17.3. The Morgan fingerprint density at radius 1 is 0.500 bits per heavy atom. The molecule has 2 aliphatic heterocycles. The minimum atomic E-state index is -1.92. The number of fused-ring (bicyclic) bond motifs is 2. The monoisotopic (exact) mass is 668 g/mol. The van der Waals surface area contributed by atoms with Crippen LogP contribution in [0.25, 0.3) is 11.1 Å². The SMILES string of the molecule is O=C1c2ccccc2OP(Oc2ccccc2-c2ccccc2OP2O/C(=N/c3ccccc3)c3ccccc3O2)N1c1ccccc1. The molecule has 0 radical (unpaired) electrons. The van der Waals surface area contributed by atoms with Gasteiger partial charge in [0.2, 0.25) is 5.90 Å². The molecule has 0 bridgehead atoms. The van der Waals surface area contributed by atoms with Gasteiger partial charge in [0.15, 0.2) is 0 Å². The summed E-state index contributed by atoms with van der Waals surface area (Å²) in [6.45, 7) is 0. The molecule has 0 saturated carbocycles. The Balaban J connectivity index is 1.12. The van der Waals surface area contributed by atoms with Crippen molar-refractivity contribution in [1.82, 2.24) is 0 Å². The van der Waals surface area contributed by atoms with Crippen LogP contribution in [0, 0.1) is 0 Å². The molecule has 6 aromatic rings. The van der Waals surface area contributed by atoms with E-state index < -0.39 is 17.1 Å². The van der Waals surface area contributed by atoms with Gasteiger partial charge in [-0.25, -0.2) is 9.66 Å². The van der Waals surface area contributed by atoms with Gasteiger partial charge in [0.1, 0.15) is 23.0 Å². The predicted molar refractivity (Wildman–Crippen MR) is 188 cm³/mol. The number of benzene rings is 6. The number of hydrogen-bond donors (Lipinski definition) is 0. The summed E-state index contributed by atoms with van der Waals surface area (Å²) in [6.07, 6.45) is 0. The Labute approximate surface area is 279 Å². The van der Waals surface area contributed by atoms with Crippen molar-refractivity contribution in [2.75, 3.05) is 4.67 Å². The number of rotatable bonds is 7. The molecule has 48 heavy (non-hydrogen) atoms. The highest BCUT2D eigenvalue weighted by Crippen LogP contribution is 2.54. The smallest absolute Gasteiger partial charge is 0.422 e. The lowest BCUT2D eigenvalue weighted by molar-refractivity contribution is 0.0995. The fourth-order valence-electron chi connectivity index (χ4n) is 5.26. The van der Waals surface area contributed by atoms with E-state index in [0.717, 1.165) is 22.4 Å². The van der Waals surface area contributed by atoms with Crippen LogP contribution >= 0.6 is 17.1 Å². The second kappa shape index (κ2) is 13.2. The summed E-state index contributed by atoms with van der Waals surface area (Å²) in [7, 11) is -3.84. The van der Waals surface area contributed by atoms with Gasteiger partial charge in [0.25, 0.3) is 5.91 Å². The molecule has 0 aromatic heterocycles. The number of nitrogens with zero attached hydrogens (tertiary/aromatic N) is 2. The average Bonchev–Trinajstić information content (AvgIpc) is 3.13. The van der Waals surface area contributed by atoms with Gasteiger partial charge in [-0.2, -0.15) is 0 Å². The van der Waals surface area contributed by atoms with Crippen molar-refractivity contribution in [3.63, 3.8) is 0 Å². The van der Waals surface area contributed by atoms with Crippen molar-refractivity contribution in [3.05, 3.63) is 169 Å². The fraction of sp³-hybridized carbons (Fsp3) is 0. The third-order valence-corrected chi connectivity index (χ3v) is 9.96. The maximum Gasteiger partial charge on any atom is 0.531 e. The van der Waals surface area contributed by atoms with E-state index in [9.17, 15) is 4.79 Å². The van der Waals surface area contributed by atoms with E-state index in [-0.39, 0.29) is 5.91 Å². The van der Waals surface area contributed by atoms with Gasteiger partial charge in [-0.15, -0.1) is 0 Å². The Hall–Kier alpha value is -5.68. The molecular formula is C38H26N2O6P2. The zero-order chi connectivity index (χ0) is 32.3. The molecule has 0 saturated heterocycles. The second-order valence-corrected chi connectivity index (χ2v) is 12.8. The summed E-state index contributed by atoms with van der Waals surface area (Å²) in [6, 6.07) is 49.0. The fourth-order valence-corrected chi connectivity index (χ4v) is 7.72. The van der Waals surface area contributed by atoms with E-state index in [1.54, 1.807) is 16.8 Å². The Bertz CT molecular complexity index is 2130. The molecule has 234 valence electrons. The molecule has 0 fully saturated rings. The summed E-state index contributed by atoms with van der Waals surface area (Å²) >= 11 is 0. The van der Waals surface area contributed by atoms with E-state index in [4.69, 9.17) is 27.6 Å². The van der Waals surface area contributed by atoms with Crippen molar-refractivity contribution in [3.8, 4) is 34.1 Å². The largest absolute Gasteiger partial charge is 0.531 e. The number of hydrogen-bond acceptors (Lipinski definition) is 7. The minimum absolute atomic E-state index is 0.196. The predicted octanol–water partition coefficient (Wildman–Crippen LogP) is 10.5. The molecule has 6 aromatic carbocycles. The first-order valence-corrected chi connectivity index (χ1v) is 17.3. The number of carbonyl (C=O) groups is 1. The Kier molecular flexibility index (Phi) is 8.17. The molecule has 10 heteroatoms. The van der Waals surface area contributed by atoms with Crippen LogP contribution in [-0.2, 0) is 4.52 Å². The molecule has 8 nitrogen and oxygen atoms in total. The lowest BCUT2D eigenvalue weighted by Gasteiger charge is -2.34. The van der Waals surface area contributed by atoms with Crippen LogP contribution in [0.1, 0.15) is 15.9 Å². The van der Waals surface area contributed by atoms with Crippen molar-refractivity contribution in [1.29, 1.82) is 0 Å². The van der Waals surface area contributed by atoms with E-state index >= 15 is 0 Å². The van der Waals surface area contributed by atoms with E-state index in [2.05, 4.69) is 0 Å². The van der Waals surface area contributed by atoms with E-state index in [1.807, 2.05) is 146 Å². The first-order chi connectivity index (χ1) is 23.7. The lowest BCUT2D eigenvalue weighted by Crippen LogP contribution is -2.33. The molecule has 1 amide bonds.